The second kappa shape index (κ2) is 10.7. The average molecular weight is 441 g/mol. The highest BCUT2D eigenvalue weighted by Gasteiger charge is 2.25. The van der Waals surface area contributed by atoms with Crippen molar-refractivity contribution in [3.63, 3.8) is 0 Å². The fourth-order valence-corrected chi connectivity index (χ4v) is 5.43. The third-order valence-corrected chi connectivity index (χ3v) is 7.49. The number of carbonyl (C=O) groups excluding carboxylic acids is 1. The fourth-order valence-electron chi connectivity index (χ4n) is 5.43. The predicted molar refractivity (Wildman–Crippen MR) is 130 cm³/mol. The van der Waals surface area contributed by atoms with Crippen LogP contribution in [0.2, 0.25) is 0 Å². The first kappa shape index (κ1) is 23.1. The summed E-state index contributed by atoms with van der Waals surface area (Å²) in [6.07, 6.45) is 9.18. The van der Waals surface area contributed by atoms with Crippen LogP contribution in [0.4, 0.5) is 0 Å². The zero-order chi connectivity index (χ0) is 22.5. The quantitative estimate of drug-likeness (QED) is 0.635. The summed E-state index contributed by atoms with van der Waals surface area (Å²) in [5.74, 6) is 1.31. The molecule has 32 heavy (non-hydrogen) atoms. The lowest BCUT2D eigenvalue weighted by Gasteiger charge is -2.33. The van der Waals surface area contributed by atoms with Crippen molar-refractivity contribution >= 4 is 16.8 Å². The van der Waals surface area contributed by atoms with Crippen LogP contribution >= 0.6 is 0 Å². The number of fused-ring (bicyclic) bond motifs is 1. The first-order chi connectivity index (χ1) is 15.5. The Bertz CT molecular complexity index is 901. The molecule has 0 spiro atoms. The van der Waals surface area contributed by atoms with Crippen LogP contribution in [-0.2, 0) is 18.4 Å². The molecule has 6 nitrogen and oxygen atoms in total. The molecule has 0 radical (unpaired) electrons. The highest BCUT2D eigenvalue weighted by atomic mass is 16.5. The van der Waals surface area contributed by atoms with Crippen LogP contribution in [0, 0.1) is 5.92 Å². The minimum atomic E-state index is 0.160. The molecule has 1 aromatic heterocycles. The molecule has 1 N–H and O–H groups in total. The number of amides is 1. The number of aromatic nitrogens is 1. The van der Waals surface area contributed by atoms with E-state index < -0.39 is 0 Å². The van der Waals surface area contributed by atoms with Gasteiger partial charge in [0.25, 0.3) is 0 Å². The zero-order valence-corrected chi connectivity index (χ0v) is 20.1. The normalized spacial score (nSPS) is 21.2. The van der Waals surface area contributed by atoms with Gasteiger partial charge in [-0.05, 0) is 82.4 Å². The molecule has 1 aromatic carbocycles. The molecule has 0 aliphatic carbocycles. The van der Waals surface area contributed by atoms with E-state index >= 15 is 0 Å². The van der Waals surface area contributed by atoms with Gasteiger partial charge in [-0.15, -0.1) is 0 Å². The number of piperidine rings is 2. The van der Waals surface area contributed by atoms with Crippen molar-refractivity contribution in [2.45, 2.75) is 58.0 Å². The van der Waals surface area contributed by atoms with Crippen LogP contribution < -0.4 is 10.1 Å². The number of aryl methyl sites for hydroxylation is 1. The number of ether oxygens (including phenoxy) is 1. The van der Waals surface area contributed by atoms with Gasteiger partial charge in [0.2, 0.25) is 5.91 Å². The van der Waals surface area contributed by atoms with Gasteiger partial charge in [0.15, 0.2) is 0 Å². The molecule has 2 aliphatic heterocycles. The average Bonchev–Trinajstić information content (AvgIpc) is 3.12. The van der Waals surface area contributed by atoms with Gasteiger partial charge in [-0.25, -0.2) is 0 Å². The van der Waals surface area contributed by atoms with E-state index in [0.717, 1.165) is 57.7 Å². The van der Waals surface area contributed by atoms with Crippen LogP contribution in [0.1, 0.15) is 51.0 Å². The van der Waals surface area contributed by atoms with Crippen LogP contribution in [0.5, 0.6) is 5.75 Å². The Balaban J connectivity index is 1.21. The highest BCUT2D eigenvalue weighted by molar-refractivity contribution is 5.85. The van der Waals surface area contributed by atoms with Gasteiger partial charge in [0.05, 0.1) is 7.11 Å². The maximum atomic E-state index is 12.7. The lowest BCUT2D eigenvalue weighted by Crippen LogP contribution is -2.42. The SMILES string of the molecule is COc1ccc2c(c1)c(CN1CCC(C(=O)NCCCN3CCCC[C@@H]3C)CC1)cn2C. The van der Waals surface area contributed by atoms with E-state index in [1.54, 1.807) is 7.11 Å². The van der Waals surface area contributed by atoms with Gasteiger partial charge in [-0.2, -0.15) is 0 Å². The van der Waals surface area contributed by atoms with E-state index in [0.29, 0.717) is 6.04 Å². The second-order valence-electron chi connectivity index (χ2n) is 9.72. The summed E-state index contributed by atoms with van der Waals surface area (Å²) >= 11 is 0. The molecular weight excluding hydrogens is 400 g/mol. The van der Waals surface area contributed by atoms with Gasteiger partial charge in [-0.3, -0.25) is 9.69 Å². The second-order valence-corrected chi connectivity index (χ2v) is 9.72. The topological polar surface area (TPSA) is 49.7 Å². The molecule has 1 atom stereocenters. The summed E-state index contributed by atoms with van der Waals surface area (Å²) < 4.78 is 7.62. The van der Waals surface area contributed by atoms with Crippen LogP contribution in [0.25, 0.3) is 10.9 Å². The lowest BCUT2D eigenvalue weighted by molar-refractivity contribution is -0.126. The zero-order valence-electron chi connectivity index (χ0n) is 20.1. The third kappa shape index (κ3) is 5.46. The Labute approximate surface area is 192 Å². The van der Waals surface area contributed by atoms with Crippen molar-refractivity contribution < 1.29 is 9.53 Å². The first-order valence-electron chi connectivity index (χ1n) is 12.4. The molecule has 2 saturated heterocycles. The Morgan fingerprint density at radius 3 is 2.72 bits per heavy atom. The Morgan fingerprint density at radius 2 is 1.97 bits per heavy atom. The molecule has 3 heterocycles. The van der Waals surface area contributed by atoms with Crippen molar-refractivity contribution in [2.75, 3.05) is 39.8 Å². The molecule has 2 aliphatic rings. The van der Waals surface area contributed by atoms with Crippen molar-refractivity contribution in [3.05, 3.63) is 30.0 Å². The first-order valence-corrected chi connectivity index (χ1v) is 12.4. The van der Waals surface area contributed by atoms with Gasteiger partial charge in [0, 0.05) is 55.7 Å². The van der Waals surface area contributed by atoms with Gasteiger partial charge in [-0.1, -0.05) is 6.42 Å². The van der Waals surface area contributed by atoms with E-state index in [1.807, 2.05) is 6.07 Å². The Morgan fingerprint density at radius 1 is 1.16 bits per heavy atom. The summed E-state index contributed by atoms with van der Waals surface area (Å²) in [6.45, 7) is 8.34. The maximum Gasteiger partial charge on any atom is 0.223 e. The van der Waals surface area contributed by atoms with Crippen LogP contribution in [0.15, 0.2) is 24.4 Å². The number of hydrogen-bond donors (Lipinski definition) is 1. The van der Waals surface area contributed by atoms with Crippen molar-refractivity contribution in [2.24, 2.45) is 13.0 Å². The molecular formula is C26H40N4O2. The van der Waals surface area contributed by atoms with E-state index in [1.165, 1.54) is 42.3 Å². The monoisotopic (exact) mass is 440 g/mol. The summed E-state index contributed by atoms with van der Waals surface area (Å²) in [4.78, 5) is 17.7. The molecule has 0 bridgehead atoms. The molecule has 176 valence electrons. The number of carbonyl (C=O) groups is 1. The summed E-state index contributed by atoms with van der Waals surface area (Å²) in [6, 6.07) is 6.98. The Hall–Kier alpha value is -2.05. The minimum absolute atomic E-state index is 0.160. The molecule has 4 rings (SSSR count). The minimum Gasteiger partial charge on any atom is -0.497 e. The smallest absolute Gasteiger partial charge is 0.223 e. The molecule has 0 unspecified atom stereocenters. The fraction of sp³-hybridized carbons (Fsp3) is 0.654. The number of hydrogen-bond acceptors (Lipinski definition) is 4. The van der Waals surface area contributed by atoms with Gasteiger partial charge >= 0.3 is 0 Å². The van der Waals surface area contributed by atoms with Crippen LogP contribution in [-0.4, -0.2) is 66.1 Å². The highest BCUT2D eigenvalue weighted by Crippen LogP contribution is 2.28. The van der Waals surface area contributed by atoms with Gasteiger partial charge < -0.3 is 19.5 Å². The number of nitrogens with one attached hydrogen (secondary N) is 1. The number of benzene rings is 1. The van der Waals surface area contributed by atoms with Gasteiger partial charge in [0.1, 0.15) is 5.75 Å². The molecule has 0 saturated carbocycles. The van der Waals surface area contributed by atoms with E-state index in [9.17, 15) is 4.79 Å². The standard InChI is InChI=1S/C26H40N4O2/c1-20-7-4-5-13-30(20)14-6-12-27-26(31)21-10-15-29(16-11-21)19-22-18-28(2)25-9-8-23(32-3)17-24(22)25/h8-9,17-18,20-21H,4-7,10-16,19H2,1-3H3,(H,27,31)/t20-/m0/s1. The van der Waals surface area contributed by atoms with Crippen molar-refractivity contribution in [1.29, 1.82) is 0 Å². The summed E-state index contributed by atoms with van der Waals surface area (Å²) in [5.41, 5.74) is 2.56. The number of nitrogens with zero attached hydrogens (tertiary/aromatic N) is 3. The Kier molecular flexibility index (Phi) is 7.74. The largest absolute Gasteiger partial charge is 0.497 e. The molecule has 2 aromatic rings. The number of methoxy groups -OCH3 is 1. The van der Waals surface area contributed by atoms with E-state index in [2.05, 4.69) is 52.0 Å². The van der Waals surface area contributed by atoms with Crippen molar-refractivity contribution in [1.82, 2.24) is 19.7 Å². The number of likely N-dealkylation sites (tertiary alicyclic amines) is 2. The van der Waals surface area contributed by atoms with E-state index in [4.69, 9.17) is 4.74 Å². The molecule has 1 amide bonds. The lowest BCUT2D eigenvalue weighted by atomic mass is 9.95. The predicted octanol–water partition coefficient (Wildman–Crippen LogP) is 3.78. The van der Waals surface area contributed by atoms with Crippen LogP contribution in [0.3, 0.4) is 0 Å². The summed E-state index contributed by atoms with van der Waals surface area (Å²) in [7, 11) is 3.81. The molecule has 6 heteroatoms. The third-order valence-electron chi connectivity index (χ3n) is 7.49. The van der Waals surface area contributed by atoms with Crippen molar-refractivity contribution in [3.8, 4) is 5.75 Å². The summed E-state index contributed by atoms with van der Waals surface area (Å²) in [5, 5.41) is 4.47. The molecule has 2 fully saturated rings. The van der Waals surface area contributed by atoms with E-state index in [-0.39, 0.29) is 11.8 Å². The maximum absolute atomic E-state index is 12.7. The number of rotatable bonds is 8.